The molecule has 0 fully saturated rings. The summed E-state index contributed by atoms with van der Waals surface area (Å²) in [7, 11) is 0. The summed E-state index contributed by atoms with van der Waals surface area (Å²) in [6.07, 6.45) is 0. The maximum Gasteiger partial charge on any atom is -0.0129 e. The van der Waals surface area contributed by atoms with Gasteiger partial charge in [-0.2, -0.15) is 0 Å². The van der Waals surface area contributed by atoms with Crippen LogP contribution in [0.4, 0.5) is 0 Å². The van der Waals surface area contributed by atoms with Gasteiger partial charge < -0.3 is 0 Å². The van der Waals surface area contributed by atoms with Crippen LogP contribution in [-0.2, 0) is 65.0 Å². The highest BCUT2D eigenvalue weighted by molar-refractivity contribution is 5.84. The molecule has 8 aromatic carbocycles. The molecule has 0 saturated heterocycles. The molecule has 0 saturated carbocycles. The van der Waals surface area contributed by atoms with Crippen molar-refractivity contribution in [1.82, 2.24) is 0 Å². The van der Waals surface area contributed by atoms with E-state index in [9.17, 15) is 0 Å². The number of benzene rings is 8. The Morgan fingerprint density at radius 2 is 0.379 bits per heavy atom. The van der Waals surface area contributed by atoms with Crippen molar-refractivity contribution in [3.05, 3.63) is 248 Å². The molecule has 0 aliphatic carbocycles. The van der Waals surface area contributed by atoms with Crippen molar-refractivity contribution in [2.24, 2.45) is 0 Å². The van der Waals surface area contributed by atoms with E-state index in [1.807, 2.05) is 0 Å². The van der Waals surface area contributed by atoms with E-state index in [1.54, 1.807) is 0 Å². The fourth-order valence-electron chi connectivity index (χ4n) is 11.2. The van der Waals surface area contributed by atoms with Crippen LogP contribution < -0.4 is 0 Å². The molecule has 0 heterocycles. The van der Waals surface area contributed by atoms with E-state index in [1.165, 1.54) is 94.2 Å². The SMILES string of the molecule is CC(C)(C)c1ccc(-c2ccc(C(C)(C)C)cc2)cc1.CC(C)(C)c1ccc(C(C)(C)C)cc1.CC(C)(C)c1ccc2ccc(C(C)(C)C)cc2c1.CC(C)(C)c1cccc(C(C)(C)C)c1.CC(C)(C)c1ccccc1C(C)(C)C.Cc1cc(C(C)(C)C)ccc1C(C)(C)C. The Bertz CT molecular complexity index is 3430. The molecule has 0 aliphatic heterocycles. The van der Waals surface area contributed by atoms with Gasteiger partial charge in [0.05, 0.1) is 0 Å². The van der Waals surface area contributed by atoms with E-state index in [0.29, 0.717) is 0 Å². The minimum absolute atomic E-state index is 0.214. The van der Waals surface area contributed by atoms with Crippen LogP contribution in [0.1, 0.15) is 322 Å². The number of hydrogen-bond donors (Lipinski definition) is 0. The molecule has 8 rings (SSSR count). The molecule has 95 heavy (non-hydrogen) atoms. The monoisotopic (exact) mass is 1280 g/mol. The summed E-state index contributed by atoms with van der Waals surface area (Å²) in [4.78, 5) is 0. The van der Waals surface area contributed by atoms with E-state index < -0.39 is 0 Å². The molecule has 0 spiro atoms. The smallest absolute Gasteiger partial charge is 0.0129 e. The predicted molar refractivity (Wildman–Crippen MR) is 431 cm³/mol. The van der Waals surface area contributed by atoms with Gasteiger partial charge >= 0.3 is 0 Å². The Kier molecular flexibility index (Phi) is 27.4. The van der Waals surface area contributed by atoms with Crippen molar-refractivity contribution in [2.75, 3.05) is 0 Å². The average Bonchev–Trinajstić information content (AvgIpc) is 0.830. The quantitative estimate of drug-likeness (QED) is 0.154. The Morgan fingerprint density at radius 1 is 0.158 bits per heavy atom. The zero-order valence-electron chi connectivity index (χ0n) is 68.2. The van der Waals surface area contributed by atoms with Gasteiger partial charge in [-0.25, -0.2) is 0 Å². The molecule has 0 unspecified atom stereocenters. The maximum absolute atomic E-state index is 2.34. The second-order valence-corrected chi connectivity index (χ2v) is 39.7. The Hall–Kier alpha value is -5.98. The summed E-state index contributed by atoms with van der Waals surface area (Å²) in [5, 5.41) is 2.69. The Morgan fingerprint density at radius 3 is 0.621 bits per heavy atom. The summed E-state index contributed by atoms with van der Waals surface area (Å²) >= 11 is 0. The van der Waals surface area contributed by atoms with Gasteiger partial charge in [0, 0.05) is 0 Å². The fraction of sp³-hybridized carbons (Fsp3) is 0.516. The standard InChI is InChI=1S/C20H26.C18H24.C15H24.3C14H22/c1-19(2,3)17-11-7-15(8-12-17)16-9-13-18(14-10-16)20(4,5)6;1-17(2,3)15-9-7-13-8-10-16(18(4,5)6)12-14(13)11-15;1-11-10-12(14(2,3)4)8-9-13(11)15(5,6)7;1-13(2,3)11-7-9-12(10-8-11)14(4,5)6;1-13(2,3)11-8-7-9-12(10-11)14(4,5)6;1-13(2,3)11-9-7-8-10-12(11)14(4,5)6/h7-14H,1-6H3;7-12H,1-6H3;8-10H,1-7H3;3*7-10H,1-6H3. The Balaban J connectivity index is 0.000000299. The normalized spacial score (nSPS) is 12.9. The van der Waals surface area contributed by atoms with Gasteiger partial charge in [0.2, 0.25) is 0 Å². The zero-order chi connectivity index (χ0) is 73.3. The van der Waals surface area contributed by atoms with E-state index in [2.05, 4.69) is 432 Å². The highest BCUT2D eigenvalue weighted by Gasteiger charge is 2.26. The third-order valence-corrected chi connectivity index (χ3v) is 18.1. The van der Waals surface area contributed by atoms with E-state index in [-0.39, 0.29) is 65.0 Å². The molecule has 520 valence electrons. The minimum Gasteiger partial charge on any atom is -0.0620 e. The van der Waals surface area contributed by atoms with Gasteiger partial charge in [-0.15, -0.1) is 0 Å². The van der Waals surface area contributed by atoms with Crippen LogP contribution >= 0.6 is 0 Å². The molecule has 0 bridgehead atoms. The zero-order valence-corrected chi connectivity index (χ0v) is 68.2. The first-order valence-electron chi connectivity index (χ1n) is 35.8. The highest BCUT2D eigenvalue weighted by Crippen LogP contribution is 2.37. The third kappa shape index (κ3) is 26.8. The maximum atomic E-state index is 2.34. The Labute approximate surface area is 587 Å². The molecule has 0 nitrogen and oxygen atoms in total. The first kappa shape index (κ1) is 83.2. The second kappa shape index (κ2) is 31.3. The number of aryl methyl sites for hydroxylation is 1. The van der Waals surface area contributed by atoms with Crippen LogP contribution in [0.25, 0.3) is 21.9 Å². The molecular weight excluding hydrogens is 1140 g/mol. The second-order valence-electron chi connectivity index (χ2n) is 39.7. The van der Waals surface area contributed by atoms with Gasteiger partial charge in [-0.1, -0.05) is 425 Å². The van der Waals surface area contributed by atoms with Gasteiger partial charge in [-0.05, 0) is 166 Å². The third-order valence-electron chi connectivity index (χ3n) is 18.1. The topological polar surface area (TPSA) is 0 Å². The van der Waals surface area contributed by atoms with Crippen molar-refractivity contribution < 1.29 is 0 Å². The molecule has 0 radical (unpaired) electrons. The molecule has 8 aromatic rings. The van der Waals surface area contributed by atoms with Crippen LogP contribution in [0.2, 0.25) is 0 Å². The van der Waals surface area contributed by atoms with Crippen molar-refractivity contribution in [2.45, 2.75) is 321 Å². The van der Waals surface area contributed by atoms with Crippen molar-refractivity contribution >= 4 is 10.8 Å². The molecule has 0 N–H and O–H groups in total. The lowest BCUT2D eigenvalue weighted by molar-refractivity contribution is 0.530. The van der Waals surface area contributed by atoms with Crippen LogP contribution in [-0.4, -0.2) is 0 Å². The van der Waals surface area contributed by atoms with E-state index in [4.69, 9.17) is 0 Å². The molecule has 0 amide bonds. The van der Waals surface area contributed by atoms with Gasteiger partial charge in [-0.3, -0.25) is 0 Å². The van der Waals surface area contributed by atoms with Crippen LogP contribution in [0, 0.1) is 6.92 Å². The molecule has 0 aliphatic rings. The van der Waals surface area contributed by atoms with E-state index >= 15 is 0 Å². The van der Waals surface area contributed by atoms with Crippen LogP contribution in [0.3, 0.4) is 0 Å². The summed E-state index contributed by atoms with van der Waals surface area (Å²) in [6.45, 7) is 83.6. The lowest BCUT2D eigenvalue weighted by Gasteiger charge is -2.29. The summed E-state index contributed by atoms with van der Waals surface area (Å²) < 4.78 is 0. The number of rotatable bonds is 1. The highest BCUT2D eigenvalue weighted by atomic mass is 14.3. The van der Waals surface area contributed by atoms with Crippen molar-refractivity contribution in [3.8, 4) is 11.1 Å². The minimum atomic E-state index is 0.214. The number of fused-ring (bicyclic) bond motifs is 1. The molecular formula is C95H140. The van der Waals surface area contributed by atoms with Crippen molar-refractivity contribution in [3.63, 3.8) is 0 Å². The van der Waals surface area contributed by atoms with E-state index in [0.717, 1.165) is 0 Å². The molecule has 0 atom stereocenters. The average molecular weight is 1280 g/mol. The summed E-state index contributed by atoms with van der Waals surface area (Å²) in [5.74, 6) is 0. The lowest BCUT2D eigenvalue weighted by Crippen LogP contribution is -2.21. The predicted octanol–water partition coefficient (Wildman–Crippen LogP) is 28.8. The van der Waals surface area contributed by atoms with Gasteiger partial charge in [0.25, 0.3) is 0 Å². The first-order chi connectivity index (χ1) is 42.6. The molecule has 0 heteroatoms. The largest absolute Gasteiger partial charge is 0.0620 e. The lowest BCUT2D eigenvalue weighted by atomic mass is 9.75. The van der Waals surface area contributed by atoms with Gasteiger partial charge in [0.1, 0.15) is 0 Å². The van der Waals surface area contributed by atoms with Gasteiger partial charge in [0.15, 0.2) is 0 Å². The first-order valence-corrected chi connectivity index (χ1v) is 35.8. The van der Waals surface area contributed by atoms with Crippen LogP contribution in [0.15, 0.2) is 176 Å². The van der Waals surface area contributed by atoms with Crippen molar-refractivity contribution in [1.29, 1.82) is 0 Å². The van der Waals surface area contributed by atoms with Crippen LogP contribution in [0.5, 0.6) is 0 Å². The molecule has 0 aromatic heterocycles. The fourth-order valence-corrected chi connectivity index (χ4v) is 11.2. The summed E-state index contributed by atoms with van der Waals surface area (Å²) in [6, 6.07) is 65.1. The summed E-state index contributed by atoms with van der Waals surface area (Å²) in [5.41, 5.74) is 23.9. The number of hydrogen-bond acceptors (Lipinski definition) is 0.